The summed E-state index contributed by atoms with van der Waals surface area (Å²) in [5.74, 6) is 2.71. The molecule has 1 fully saturated rings. The summed E-state index contributed by atoms with van der Waals surface area (Å²) in [7, 11) is 0. The molecule has 0 saturated heterocycles. The summed E-state index contributed by atoms with van der Waals surface area (Å²) >= 11 is 6.45. The monoisotopic (exact) mass is 311 g/mol. The molecule has 1 N–H and O–H groups in total. The maximum Gasteiger partial charge on any atom is 0.0820 e. The Balaban J connectivity index is 2.12. The van der Waals surface area contributed by atoms with Gasteiger partial charge >= 0.3 is 0 Å². The minimum absolute atomic E-state index is 0.545. The number of aryl methyl sites for hydroxylation is 1. The highest BCUT2D eigenvalue weighted by Gasteiger charge is 2.33. The molecule has 0 aliphatic heterocycles. The molecule has 0 aromatic carbocycles. The van der Waals surface area contributed by atoms with Crippen molar-refractivity contribution in [2.75, 3.05) is 13.1 Å². The molecular weight excluding hydrogens is 282 g/mol. The maximum absolute atomic E-state index is 6.45. The van der Waals surface area contributed by atoms with Gasteiger partial charge < -0.3 is 5.32 Å². The number of hydrogen-bond acceptors (Lipinski definition) is 2. The van der Waals surface area contributed by atoms with Crippen molar-refractivity contribution >= 4 is 11.6 Å². The van der Waals surface area contributed by atoms with E-state index < -0.39 is 0 Å². The summed E-state index contributed by atoms with van der Waals surface area (Å²) in [6.07, 6.45) is 5.68. The second kappa shape index (κ2) is 7.64. The Hall–Kier alpha value is -0.540. The molecule has 1 aromatic heterocycles. The largest absolute Gasteiger partial charge is 0.316 e. The van der Waals surface area contributed by atoms with Crippen LogP contribution >= 0.6 is 11.6 Å². The van der Waals surface area contributed by atoms with Gasteiger partial charge in [-0.25, -0.2) is 0 Å². The SMILES string of the molecule is CCn1ncc(Cl)c1C1CC(C)CCC1CNCC(C)C. The van der Waals surface area contributed by atoms with E-state index in [9.17, 15) is 0 Å². The Kier molecular flexibility index (Phi) is 6.12. The minimum atomic E-state index is 0.545. The molecule has 21 heavy (non-hydrogen) atoms. The number of hydrogen-bond donors (Lipinski definition) is 1. The number of aromatic nitrogens is 2. The molecule has 0 bridgehead atoms. The van der Waals surface area contributed by atoms with Gasteiger partial charge in [-0.15, -0.1) is 0 Å². The zero-order valence-corrected chi connectivity index (χ0v) is 14.7. The number of nitrogens with zero attached hydrogens (tertiary/aromatic N) is 2. The quantitative estimate of drug-likeness (QED) is 0.848. The third-order valence-electron chi connectivity index (χ3n) is 4.70. The van der Waals surface area contributed by atoms with E-state index in [0.29, 0.717) is 17.8 Å². The van der Waals surface area contributed by atoms with Crippen molar-refractivity contribution in [3.8, 4) is 0 Å². The van der Waals surface area contributed by atoms with E-state index in [1.54, 1.807) is 0 Å². The molecule has 0 radical (unpaired) electrons. The van der Waals surface area contributed by atoms with E-state index >= 15 is 0 Å². The molecule has 1 aliphatic carbocycles. The van der Waals surface area contributed by atoms with Crippen LogP contribution in [0.5, 0.6) is 0 Å². The van der Waals surface area contributed by atoms with Gasteiger partial charge in [0.05, 0.1) is 16.9 Å². The van der Waals surface area contributed by atoms with Gasteiger partial charge in [-0.1, -0.05) is 38.8 Å². The van der Waals surface area contributed by atoms with Crippen molar-refractivity contribution in [1.82, 2.24) is 15.1 Å². The smallest absolute Gasteiger partial charge is 0.0820 e. The first-order chi connectivity index (χ1) is 10.0. The lowest BCUT2D eigenvalue weighted by Gasteiger charge is -2.35. The van der Waals surface area contributed by atoms with Gasteiger partial charge in [0.25, 0.3) is 0 Å². The van der Waals surface area contributed by atoms with E-state index in [1.807, 2.05) is 6.20 Å². The summed E-state index contributed by atoms with van der Waals surface area (Å²) in [4.78, 5) is 0. The standard InChI is InChI=1S/C17H30ClN3/c1-5-21-17(16(18)11-20-21)15-8-13(4)6-7-14(15)10-19-9-12(2)3/h11-15,19H,5-10H2,1-4H3. The lowest BCUT2D eigenvalue weighted by Crippen LogP contribution is -2.34. The molecule has 1 heterocycles. The number of rotatable bonds is 6. The zero-order valence-electron chi connectivity index (χ0n) is 13.9. The predicted molar refractivity (Wildman–Crippen MR) is 89.9 cm³/mol. The van der Waals surface area contributed by atoms with Crippen LogP contribution in [0.1, 0.15) is 58.6 Å². The van der Waals surface area contributed by atoms with Crippen LogP contribution in [0.2, 0.25) is 5.02 Å². The first-order valence-electron chi connectivity index (χ1n) is 8.44. The van der Waals surface area contributed by atoms with Crippen LogP contribution in [0.3, 0.4) is 0 Å². The fraction of sp³-hybridized carbons (Fsp3) is 0.824. The Morgan fingerprint density at radius 1 is 1.43 bits per heavy atom. The second-order valence-electron chi connectivity index (χ2n) is 7.03. The van der Waals surface area contributed by atoms with Crippen LogP contribution in [-0.2, 0) is 6.54 Å². The topological polar surface area (TPSA) is 29.9 Å². The van der Waals surface area contributed by atoms with Crippen molar-refractivity contribution in [2.24, 2.45) is 17.8 Å². The molecule has 1 aromatic rings. The van der Waals surface area contributed by atoms with Crippen LogP contribution < -0.4 is 5.32 Å². The van der Waals surface area contributed by atoms with Gasteiger partial charge in [0.2, 0.25) is 0 Å². The third kappa shape index (κ3) is 4.23. The van der Waals surface area contributed by atoms with E-state index in [0.717, 1.165) is 30.6 Å². The van der Waals surface area contributed by atoms with Crippen LogP contribution in [-0.4, -0.2) is 22.9 Å². The van der Waals surface area contributed by atoms with E-state index in [4.69, 9.17) is 11.6 Å². The van der Waals surface area contributed by atoms with Crippen molar-refractivity contribution in [1.29, 1.82) is 0 Å². The first-order valence-corrected chi connectivity index (χ1v) is 8.82. The lowest BCUT2D eigenvalue weighted by molar-refractivity contribution is 0.231. The summed E-state index contributed by atoms with van der Waals surface area (Å²) < 4.78 is 2.10. The molecule has 3 atom stereocenters. The Morgan fingerprint density at radius 2 is 2.19 bits per heavy atom. The molecule has 2 rings (SSSR count). The van der Waals surface area contributed by atoms with E-state index in [-0.39, 0.29) is 0 Å². The second-order valence-corrected chi connectivity index (χ2v) is 7.44. The highest BCUT2D eigenvalue weighted by molar-refractivity contribution is 6.31. The molecule has 120 valence electrons. The zero-order chi connectivity index (χ0) is 15.4. The average molecular weight is 312 g/mol. The molecule has 1 saturated carbocycles. The fourth-order valence-electron chi connectivity index (χ4n) is 3.57. The molecule has 1 aliphatic rings. The van der Waals surface area contributed by atoms with Gasteiger partial charge in [0, 0.05) is 12.5 Å². The Bertz CT molecular complexity index is 441. The number of nitrogens with one attached hydrogen (secondary N) is 1. The lowest BCUT2D eigenvalue weighted by atomic mass is 9.73. The Morgan fingerprint density at radius 3 is 2.86 bits per heavy atom. The molecule has 3 nitrogen and oxygen atoms in total. The van der Waals surface area contributed by atoms with Gasteiger partial charge in [0.1, 0.15) is 0 Å². The molecule has 3 unspecified atom stereocenters. The summed E-state index contributed by atoms with van der Waals surface area (Å²) in [6.45, 7) is 12.1. The molecule has 0 amide bonds. The maximum atomic E-state index is 6.45. The van der Waals surface area contributed by atoms with Crippen molar-refractivity contribution in [3.63, 3.8) is 0 Å². The molecule has 0 spiro atoms. The average Bonchev–Trinajstić information content (AvgIpc) is 2.81. The Labute approximate surface area is 134 Å². The fourth-order valence-corrected chi connectivity index (χ4v) is 3.85. The minimum Gasteiger partial charge on any atom is -0.316 e. The molecular formula is C17H30ClN3. The highest BCUT2D eigenvalue weighted by Crippen LogP contribution is 2.42. The van der Waals surface area contributed by atoms with Crippen LogP contribution in [0.25, 0.3) is 0 Å². The highest BCUT2D eigenvalue weighted by atomic mass is 35.5. The third-order valence-corrected chi connectivity index (χ3v) is 4.99. The number of halogens is 1. The van der Waals surface area contributed by atoms with E-state index in [2.05, 4.69) is 42.8 Å². The van der Waals surface area contributed by atoms with Gasteiger partial charge in [-0.05, 0) is 50.6 Å². The summed E-state index contributed by atoms with van der Waals surface area (Å²) in [5, 5.41) is 8.94. The van der Waals surface area contributed by atoms with Gasteiger partial charge in [-0.2, -0.15) is 5.10 Å². The predicted octanol–water partition coefficient (Wildman–Crippen LogP) is 4.32. The van der Waals surface area contributed by atoms with Crippen LogP contribution in [0.15, 0.2) is 6.20 Å². The summed E-state index contributed by atoms with van der Waals surface area (Å²) in [5.41, 5.74) is 1.27. The van der Waals surface area contributed by atoms with Crippen LogP contribution in [0, 0.1) is 17.8 Å². The molecule has 4 heteroatoms. The first kappa shape index (κ1) is 16.8. The van der Waals surface area contributed by atoms with Crippen molar-refractivity contribution in [3.05, 3.63) is 16.9 Å². The van der Waals surface area contributed by atoms with Crippen molar-refractivity contribution in [2.45, 2.75) is 59.4 Å². The van der Waals surface area contributed by atoms with E-state index in [1.165, 1.54) is 25.0 Å². The summed E-state index contributed by atoms with van der Waals surface area (Å²) in [6, 6.07) is 0. The van der Waals surface area contributed by atoms with Gasteiger partial charge in [0.15, 0.2) is 0 Å². The van der Waals surface area contributed by atoms with Crippen molar-refractivity contribution < 1.29 is 0 Å². The van der Waals surface area contributed by atoms with Crippen LogP contribution in [0.4, 0.5) is 0 Å². The normalized spacial score (nSPS) is 26.5. The van der Waals surface area contributed by atoms with Gasteiger partial charge in [-0.3, -0.25) is 4.68 Å².